The van der Waals surface area contributed by atoms with Gasteiger partial charge in [0.25, 0.3) is 5.91 Å². The summed E-state index contributed by atoms with van der Waals surface area (Å²) in [5.74, 6) is -0.601. The first-order valence-corrected chi connectivity index (χ1v) is 5.76. The lowest BCUT2D eigenvalue weighted by atomic mass is 9.96. The summed E-state index contributed by atoms with van der Waals surface area (Å²) in [6.45, 7) is 4.18. The van der Waals surface area contributed by atoms with Crippen LogP contribution >= 0.6 is 11.6 Å². The summed E-state index contributed by atoms with van der Waals surface area (Å²) in [4.78, 5) is 11.8. The van der Waals surface area contributed by atoms with Crippen molar-refractivity contribution in [3.63, 3.8) is 0 Å². The van der Waals surface area contributed by atoms with Gasteiger partial charge in [-0.3, -0.25) is 4.79 Å². The largest absolute Gasteiger partial charge is 0.507 e. The van der Waals surface area contributed by atoms with Crippen molar-refractivity contribution >= 4 is 17.5 Å². The van der Waals surface area contributed by atoms with Crippen molar-refractivity contribution in [2.24, 2.45) is 5.41 Å². The highest BCUT2D eigenvalue weighted by molar-refractivity contribution is 6.18. The smallest absolute Gasteiger partial charge is 0.258 e. The molecule has 0 fully saturated rings. The van der Waals surface area contributed by atoms with Crippen LogP contribution < -0.4 is 5.32 Å². The van der Waals surface area contributed by atoms with Crippen LogP contribution in [0.5, 0.6) is 11.5 Å². The summed E-state index contributed by atoms with van der Waals surface area (Å²) in [5, 5.41) is 21.6. The number of benzene rings is 1. The molecule has 0 atom stereocenters. The summed E-state index contributed by atoms with van der Waals surface area (Å²) in [5.41, 5.74) is -0.352. The van der Waals surface area contributed by atoms with Gasteiger partial charge in [0.15, 0.2) is 0 Å². The molecule has 0 unspecified atom stereocenters. The summed E-state index contributed by atoms with van der Waals surface area (Å²) in [7, 11) is 0. The lowest BCUT2D eigenvalue weighted by Crippen LogP contribution is -2.35. The minimum absolute atomic E-state index is 0.113. The molecule has 0 aromatic heterocycles. The summed E-state index contributed by atoms with van der Waals surface area (Å²) in [6.07, 6.45) is 0. The van der Waals surface area contributed by atoms with Crippen molar-refractivity contribution in [2.75, 3.05) is 12.4 Å². The van der Waals surface area contributed by atoms with Crippen molar-refractivity contribution < 1.29 is 15.0 Å². The quantitative estimate of drug-likeness (QED) is 0.724. The fraction of sp³-hybridized carbons (Fsp3) is 0.417. The van der Waals surface area contributed by atoms with Gasteiger partial charge in [-0.05, 0) is 17.5 Å². The standard InChI is InChI=1S/C12H16ClNO3/c1-12(2,6-13)7-14-11(17)10-8(15)4-3-5-9(10)16/h3-5,15-16H,6-7H2,1-2H3,(H,14,17). The predicted molar refractivity (Wildman–Crippen MR) is 66.6 cm³/mol. The van der Waals surface area contributed by atoms with Gasteiger partial charge in [0.1, 0.15) is 17.1 Å². The first-order chi connectivity index (χ1) is 7.87. The zero-order valence-corrected chi connectivity index (χ0v) is 10.6. The number of carbonyl (C=O) groups excluding carboxylic acids is 1. The van der Waals surface area contributed by atoms with E-state index in [9.17, 15) is 15.0 Å². The Bertz CT molecular complexity index is 398. The van der Waals surface area contributed by atoms with Crippen LogP contribution in [-0.4, -0.2) is 28.5 Å². The van der Waals surface area contributed by atoms with Crippen LogP contribution in [0.25, 0.3) is 0 Å². The van der Waals surface area contributed by atoms with Crippen LogP contribution in [0.4, 0.5) is 0 Å². The van der Waals surface area contributed by atoms with E-state index in [-0.39, 0.29) is 22.5 Å². The lowest BCUT2D eigenvalue weighted by Gasteiger charge is -2.21. The average Bonchev–Trinajstić information content (AvgIpc) is 2.26. The number of carbonyl (C=O) groups is 1. The molecule has 0 heterocycles. The fourth-order valence-electron chi connectivity index (χ4n) is 1.22. The maximum Gasteiger partial charge on any atom is 0.258 e. The van der Waals surface area contributed by atoms with Crippen molar-refractivity contribution in [1.29, 1.82) is 0 Å². The van der Waals surface area contributed by atoms with Gasteiger partial charge in [0.05, 0.1) is 0 Å². The minimum atomic E-state index is -0.515. The normalized spacial score (nSPS) is 11.2. The van der Waals surface area contributed by atoms with Gasteiger partial charge in [-0.2, -0.15) is 0 Å². The molecule has 0 aliphatic rings. The van der Waals surface area contributed by atoms with E-state index in [1.54, 1.807) is 0 Å². The van der Waals surface area contributed by atoms with Crippen LogP contribution in [0.15, 0.2) is 18.2 Å². The number of aromatic hydroxyl groups is 2. The Hall–Kier alpha value is -1.42. The SMILES string of the molecule is CC(C)(CCl)CNC(=O)c1c(O)cccc1O. The third kappa shape index (κ3) is 3.53. The molecule has 94 valence electrons. The van der Waals surface area contributed by atoms with E-state index in [4.69, 9.17) is 11.6 Å². The highest BCUT2D eigenvalue weighted by Crippen LogP contribution is 2.26. The summed E-state index contributed by atoms with van der Waals surface area (Å²) in [6, 6.07) is 4.16. The minimum Gasteiger partial charge on any atom is -0.507 e. The van der Waals surface area contributed by atoms with E-state index in [0.717, 1.165) is 0 Å². The molecule has 17 heavy (non-hydrogen) atoms. The number of rotatable bonds is 4. The highest BCUT2D eigenvalue weighted by Gasteiger charge is 2.20. The Labute approximate surface area is 105 Å². The van der Waals surface area contributed by atoms with Gasteiger partial charge < -0.3 is 15.5 Å². The van der Waals surface area contributed by atoms with Gasteiger partial charge in [-0.1, -0.05) is 19.9 Å². The second-order valence-electron chi connectivity index (χ2n) is 4.65. The second kappa shape index (κ2) is 5.27. The number of hydrogen-bond acceptors (Lipinski definition) is 3. The van der Waals surface area contributed by atoms with Crippen molar-refractivity contribution in [3.05, 3.63) is 23.8 Å². The number of nitrogens with one attached hydrogen (secondary N) is 1. The van der Waals surface area contributed by atoms with Gasteiger partial charge >= 0.3 is 0 Å². The maximum atomic E-state index is 11.8. The fourth-order valence-corrected chi connectivity index (χ4v) is 1.31. The molecule has 0 bridgehead atoms. The Balaban J connectivity index is 2.78. The third-order valence-electron chi connectivity index (χ3n) is 2.34. The second-order valence-corrected chi connectivity index (χ2v) is 4.92. The zero-order valence-electron chi connectivity index (χ0n) is 9.83. The van der Waals surface area contributed by atoms with Crippen molar-refractivity contribution in [3.8, 4) is 11.5 Å². The van der Waals surface area contributed by atoms with E-state index in [0.29, 0.717) is 12.4 Å². The molecular weight excluding hydrogens is 242 g/mol. The van der Waals surface area contributed by atoms with Crippen LogP contribution in [0.1, 0.15) is 24.2 Å². The third-order valence-corrected chi connectivity index (χ3v) is 3.06. The van der Waals surface area contributed by atoms with Crippen molar-refractivity contribution in [1.82, 2.24) is 5.32 Å². The molecule has 0 radical (unpaired) electrons. The molecule has 0 saturated heterocycles. The molecular formula is C12H16ClNO3. The molecule has 0 aliphatic heterocycles. The monoisotopic (exact) mass is 257 g/mol. The van der Waals surface area contributed by atoms with Crippen LogP contribution in [0, 0.1) is 5.41 Å². The Morgan fingerprint density at radius 2 is 1.88 bits per heavy atom. The van der Waals surface area contributed by atoms with Crippen molar-refractivity contribution in [2.45, 2.75) is 13.8 Å². The molecule has 5 heteroatoms. The molecule has 0 spiro atoms. The van der Waals surface area contributed by atoms with E-state index >= 15 is 0 Å². The van der Waals surface area contributed by atoms with E-state index in [1.807, 2.05) is 13.8 Å². The molecule has 0 aliphatic carbocycles. The first kappa shape index (κ1) is 13.6. The summed E-state index contributed by atoms with van der Waals surface area (Å²) < 4.78 is 0. The van der Waals surface area contributed by atoms with Gasteiger partial charge in [0.2, 0.25) is 0 Å². The van der Waals surface area contributed by atoms with E-state index in [2.05, 4.69) is 5.32 Å². The molecule has 1 amide bonds. The zero-order chi connectivity index (χ0) is 13.1. The molecule has 4 nitrogen and oxygen atoms in total. The number of hydrogen-bond donors (Lipinski definition) is 3. The number of phenolic OH excluding ortho intramolecular Hbond substituents is 2. The Morgan fingerprint density at radius 1 is 1.35 bits per heavy atom. The lowest BCUT2D eigenvalue weighted by molar-refractivity contribution is 0.0934. The van der Waals surface area contributed by atoms with Gasteiger partial charge in [-0.15, -0.1) is 11.6 Å². The topological polar surface area (TPSA) is 69.6 Å². The summed E-state index contributed by atoms with van der Waals surface area (Å²) >= 11 is 5.74. The molecule has 1 aromatic rings. The van der Waals surface area contributed by atoms with Gasteiger partial charge in [0, 0.05) is 12.4 Å². The first-order valence-electron chi connectivity index (χ1n) is 5.22. The number of alkyl halides is 1. The molecule has 1 aromatic carbocycles. The Morgan fingerprint density at radius 3 is 2.35 bits per heavy atom. The van der Waals surface area contributed by atoms with Crippen LogP contribution in [0.2, 0.25) is 0 Å². The maximum absolute atomic E-state index is 11.8. The van der Waals surface area contributed by atoms with Gasteiger partial charge in [-0.25, -0.2) is 0 Å². The number of amides is 1. The van der Waals surface area contributed by atoms with E-state index in [1.165, 1.54) is 18.2 Å². The molecule has 0 saturated carbocycles. The van der Waals surface area contributed by atoms with Crippen LogP contribution in [0.3, 0.4) is 0 Å². The van der Waals surface area contributed by atoms with E-state index < -0.39 is 5.91 Å². The highest BCUT2D eigenvalue weighted by atomic mass is 35.5. The molecule has 3 N–H and O–H groups in total. The Kier molecular flexibility index (Phi) is 4.23. The number of phenols is 2. The molecule has 1 rings (SSSR count). The van der Waals surface area contributed by atoms with Crippen LogP contribution in [-0.2, 0) is 0 Å². The number of halogens is 1. The average molecular weight is 258 g/mol. The predicted octanol–water partition coefficient (Wildman–Crippen LogP) is 2.09.